The zero-order valence-electron chi connectivity index (χ0n) is 34.9. The van der Waals surface area contributed by atoms with Crippen LogP contribution in [0.1, 0.15) is 115 Å². The minimum absolute atomic E-state index is 0.0416. The second-order valence-corrected chi connectivity index (χ2v) is 18.1. The summed E-state index contributed by atoms with van der Waals surface area (Å²) in [6, 6.07) is -0.806. The molecule has 53 heavy (non-hydrogen) atoms. The SMILES string of the molecule is CCC[C@H]1NC(=O)[C@H](C)[C@@H](OC2CC(C)(OC)C(O)C(C)O2)[C@H](C)[C@@H](OC2OC(C)CC(N(C)C(C)C)C2O)[C@@]2(C)C[C@@H](C)[C@@H](O2)[C@H](C)[C@@H](O)[C@]1(C)O. The summed E-state index contributed by atoms with van der Waals surface area (Å²) < 4.78 is 39.3. The van der Waals surface area contributed by atoms with Crippen LogP contribution in [0.15, 0.2) is 0 Å². The summed E-state index contributed by atoms with van der Waals surface area (Å²) in [5.41, 5.74) is -3.63. The van der Waals surface area contributed by atoms with E-state index in [2.05, 4.69) is 31.0 Å². The number of nitrogens with zero attached hydrogens (tertiary/aromatic N) is 1. The normalized spacial score (nSPS) is 50.4. The third-order valence-corrected chi connectivity index (χ3v) is 13.4. The number of aliphatic hydroxyl groups excluding tert-OH is 3. The van der Waals surface area contributed by atoms with Crippen LogP contribution in [-0.4, -0.2) is 142 Å². The number of ether oxygens (including phenoxy) is 6. The minimum atomic E-state index is -1.68. The molecule has 0 aromatic rings. The van der Waals surface area contributed by atoms with Gasteiger partial charge in [0.2, 0.25) is 5.91 Å². The zero-order chi connectivity index (χ0) is 40.0. The fourth-order valence-electron chi connectivity index (χ4n) is 9.75. The molecule has 2 bridgehead atoms. The first-order chi connectivity index (χ1) is 24.5. The fourth-order valence-corrected chi connectivity index (χ4v) is 9.75. The quantitative estimate of drug-likeness (QED) is 0.233. The molecule has 4 fully saturated rings. The van der Waals surface area contributed by atoms with Gasteiger partial charge in [-0.15, -0.1) is 0 Å². The summed E-state index contributed by atoms with van der Waals surface area (Å²) in [6.45, 7) is 23.0. The molecule has 13 heteroatoms. The first kappa shape index (κ1) is 44.7. The number of likely N-dealkylation sites (N-methyl/N-ethyl adjacent to an activating group) is 1. The lowest BCUT2D eigenvalue weighted by atomic mass is 9.75. The van der Waals surface area contributed by atoms with E-state index in [-0.39, 0.29) is 36.4 Å². The van der Waals surface area contributed by atoms with E-state index in [0.29, 0.717) is 25.7 Å². The van der Waals surface area contributed by atoms with Crippen LogP contribution in [0.2, 0.25) is 0 Å². The van der Waals surface area contributed by atoms with E-state index < -0.39 is 95.9 Å². The van der Waals surface area contributed by atoms with Crippen LogP contribution >= 0.6 is 0 Å². The topological polar surface area (TPSA) is 169 Å². The van der Waals surface area contributed by atoms with Gasteiger partial charge in [0, 0.05) is 37.5 Å². The maximum atomic E-state index is 14.4. The molecule has 4 saturated heterocycles. The van der Waals surface area contributed by atoms with Crippen LogP contribution in [0.25, 0.3) is 0 Å². The lowest BCUT2D eigenvalue weighted by Gasteiger charge is -2.49. The highest BCUT2D eigenvalue weighted by atomic mass is 16.7. The molecular weight excluding hydrogens is 684 g/mol. The molecule has 4 rings (SSSR count). The Balaban J connectivity index is 1.85. The molecule has 13 nitrogen and oxygen atoms in total. The van der Waals surface area contributed by atoms with E-state index in [1.165, 1.54) is 0 Å². The number of carbonyl (C=O) groups excluding carboxylic acids is 1. The number of nitrogens with one attached hydrogen (secondary N) is 1. The van der Waals surface area contributed by atoms with Gasteiger partial charge in [-0.1, -0.05) is 41.0 Å². The van der Waals surface area contributed by atoms with Crippen molar-refractivity contribution in [1.29, 1.82) is 0 Å². The van der Waals surface area contributed by atoms with Crippen molar-refractivity contribution in [2.24, 2.45) is 23.7 Å². The van der Waals surface area contributed by atoms with Crippen molar-refractivity contribution in [3.05, 3.63) is 0 Å². The molecule has 0 spiro atoms. The third-order valence-electron chi connectivity index (χ3n) is 13.4. The molecule has 0 aliphatic carbocycles. The minimum Gasteiger partial charge on any atom is -0.390 e. The summed E-state index contributed by atoms with van der Waals surface area (Å²) in [5.74, 6) is -2.26. The number of amides is 1. The molecule has 5 N–H and O–H groups in total. The Bertz CT molecular complexity index is 1210. The van der Waals surface area contributed by atoms with E-state index in [0.717, 1.165) is 0 Å². The van der Waals surface area contributed by atoms with Crippen molar-refractivity contribution >= 4 is 5.91 Å². The van der Waals surface area contributed by atoms with E-state index in [4.69, 9.17) is 28.4 Å². The zero-order valence-corrected chi connectivity index (χ0v) is 34.9. The smallest absolute Gasteiger partial charge is 0.225 e. The molecule has 310 valence electrons. The van der Waals surface area contributed by atoms with Crippen molar-refractivity contribution < 1.29 is 53.6 Å². The molecule has 1 amide bonds. The van der Waals surface area contributed by atoms with Crippen molar-refractivity contribution in [3.63, 3.8) is 0 Å². The number of hydrogen-bond acceptors (Lipinski definition) is 12. The second-order valence-electron chi connectivity index (χ2n) is 18.1. The lowest BCUT2D eigenvalue weighted by Crippen LogP contribution is -2.62. The third kappa shape index (κ3) is 9.11. The average molecular weight is 759 g/mol. The molecular formula is C40H74N2O11. The first-order valence-electron chi connectivity index (χ1n) is 20.2. The Labute approximate surface area is 318 Å². The number of carbonyl (C=O) groups is 1. The monoisotopic (exact) mass is 759 g/mol. The van der Waals surface area contributed by atoms with Crippen LogP contribution in [0.4, 0.5) is 0 Å². The number of rotatable bonds is 9. The van der Waals surface area contributed by atoms with E-state index in [9.17, 15) is 25.2 Å². The largest absolute Gasteiger partial charge is 0.390 e. The van der Waals surface area contributed by atoms with Gasteiger partial charge in [-0.05, 0) is 80.7 Å². The summed E-state index contributed by atoms with van der Waals surface area (Å²) in [5, 5.41) is 49.8. The van der Waals surface area contributed by atoms with E-state index >= 15 is 0 Å². The Morgan fingerprint density at radius 1 is 0.962 bits per heavy atom. The van der Waals surface area contributed by atoms with Gasteiger partial charge in [0.05, 0.1) is 59.8 Å². The summed E-state index contributed by atoms with van der Waals surface area (Å²) in [4.78, 5) is 16.5. The van der Waals surface area contributed by atoms with Crippen molar-refractivity contribution in [3.8, 4) is 0 Å². The Morgan fingerprint density at radius 3 is 2.19 bits per heavy atom. The second kappa shape index (κ2) is 17.3. The number of methoxy groups -OCH3 is 1. The van der Waals surface area contributed by atoms with Crippen LogP contribution in [0.5, 0.6) is 0 Å². The molecule has 4 aliphatic heterocycles. The highest BCUT2D eigenvalue weighted by Crippen LogP contribution is 2.47. The van der Waals surface area contributed by atoms with Crippen molar-refractivity contribution in [1.82, 2.24) is 10.2 Å². The van der Waals surface area contributed by atoms with Crippen molar-refractivity contribution in [2.75, 3.05) is 14.2 Å². The Morgan fingerprint density at radius 2 is 1.60 bits per heavy atom. The summed E-state index contributed by atoms with van der Waals surface area (Å²) >= 11 is 0. The van der Waals surface area contributed by atoms with Crippen LogP contribution in [0.3, 0.4) is 0 Å². The van der Waals surface area contributed by atoms with Crippen molar-refractivity contribution in [2.45, 2.75) is 212 Å². The van der Waals surface area contributed by atoms with Gasteiger partial charge in [-0.2, -0.15) is 0 Å². The Hall–Kier alpha value is -0.970. The van der Waals surface area contributed by atoms with Crippen LogP contribution in [-0.2, 0) is 33.2 Å². The number of aliphatic hydroxyl groups is 4. The van der Waals surface area contributed by atoms with Gasteiger partial charge < -0.3 is 54.2 Å². The molecule has 0 radical (unpaired) electrons. The van der Waals surface area contributed by atoms with Gasteiger partial charge in [0.15, 0.2) is 12.6 Å². The molecule has 0 aromatic carbocycles. The molecule has 0 aromatic heterocycles. The molecule has 4 heterocycles. The molecule has 0 saturated carbocycles. The van der Waals surface area contributed by atoms with Crippen LogP contribution in [0, 0.1) is 23.7 Å². The number of hydrogen-bond donors (Lipinski definition) is 5. The molecule has 19 atom stereocenters. The highest BCUT2D eigenvalue weighted by Gasteiger charge is 2.58. The molecule has 4 aliphatic rings. The van der Waals surface area contributed by atoms with Gasteiger partial charge in [-0.3, -0.25) is 9.69 Å². The standard InChI is InChI=1S/C40H74N2O11/c1-15-16-28-40(12,47)33(44)23(6)31-21(4)18-39(11,53-31)35(52-37-30(43)27(17-22(5)49-37)42(13)20(2)3)24(7)32(25(8)36(46)41-28)51-29-19-38(10,48-14)34(45)26(9)50-29/h20-35,37,43-45,47H,15-19H2,1-14H3,(H,41,46)/t21-,22?,23+,24+,25-,26?,27?,28-,29?,30?,31-,32+,33-,34?,35-,37?,38?,39-,40-/m1/s1. The maximum Gasteiger partial charge on any atom is 0.225 e. The highest BCUT2D eigenvalue weighted by molar-refractivity contribution is 5.79. The fraction of sp³-hybridized carbons (Fsp3) is 0.975. The van der Waals surface area contributed by atoms with Gasteiger partial charge in [-0.25, -0.2) is 0 Å². The predicted molar refractivity (Wildman–Crippen MR) is 200 cm³/mol. The first-order valence-corrected chi connectivity index (χ1v) is 20.2. The average Bonchev–Trinajstić information content (AvgIpc) is 3.41. The van der Waals surface area contributed by atoms with Gasteiger partial charge in [0.25, 0.3) is 0 Å². The summed E-state index contributed by atoms with van der Waals surface area (Å²) in [7, 11) is 3.54. The Kier molecular flexibility index (Phi) is 14.6. The van der Waals surface area contributed by atoms with Crippen LogP contribution < -0.4 is 5.32 Å². The molecule has 8 unspecified atom stereocenters. The summed E-state index contributed by atoms with van der Waals surface area (Å²) in [6.07, 6.45) is -5.40. The van der Waals surface area contributed by atoms with E-state index in [1.807, 2.05) is 48.6 Å². The van der Waals surface area contributed by atoms with Gasteiger partial charge in [0.1, 0.15) is 17.8 Å². The maximum absolute atomic E-state index is 14.4. The van der Waals surface area contributed by atoms with E-state index in [1.54, 1.807) is 27.9 Å². The lowest BCUT2D eigenvalue weighted by molar-refractivity contribution is -0.319. The number of fused-ring (bicyclic) bond motifs is 2. The predicted octanol–water partition coefficient (Wildman–Crippen LogP) is 3.36. The van der Waals surface area contributed by atoms with Gasteiger partial charge >= 0.3 is 0 Å².